The van der Waals surface area contributed by atoms with Crippen LogP contribution >= 0.6 is 0 Å². The first-order chi connectivity index (χ1) is 14.9. The van der Waals surface area contributed by atoms with Crippen LogP contribution in [-0.4, -0.2) is 6.61 Å². The number of allylic oxidation sites excluding steroid dienone is 1. The van der Waals surface area contributed by atoms with Gasteiger partial charge in [0.2, 0.25) is 0 Å². The number of ether oxygens (including phenoxy) is 2. The second kappa shape index (κ2) is 8.56. The molecule has 1 atom stereocenters. The number of rotatable bonds is 7. The monoisotopic (exact) mass is 434 g/mol. The standard InChI is InChI=1S/C25H26F4O2/c1-3-5-13-30-20-12-10-17-16-8-9-18(19-11-7-15(6-4-2)14-31-19)23(26)21(16)25(28,29)22(17)24(20)27/h8-10,12,14,19H,3-7,11,13H2,1-2H3. The fraction of sp³-hybridized carbons (Fsp3) is 0.440. The Kier molecular flexibility index (Phi) is 6.00. The van der Waals surface area contributed by atoms with E-state index < -0.39 is 34.8 Å². The van der Waals surface area contributed by atoms with E-state index in [4.69, 9.17) is 9.47 Å². The van der Waals surface area contributed by atoms with Gasteiger partial charge in [-0.3, -0.25) is 0 Å². The molecule has 1 heterocycles. The van der Waals surface area contributed by atoms with Crippen LogP contribution in [0.15, 0.2) is 36.1 Å². The van der Waals surface area contributed by atoms with E-state index in [0.717, 1.165) is 31.3 Å². The first-order valence-corrected chi connectivity index (χ1v) is 10.9. The van der Waals surface area contributed by atoms with Gasteiger partial charge in [0, 0.05) is 5.56 Å². The molecule has 31 heavy (non-hydrogen) atoms. The van der Waals surface area contributed by atoms with Gasteiger partial charge >= 0.3 is 5.92 Å². The second-order valence-electron chi connectivity index (χ2n) is 8.16. The quantitative estimate of drug-likeness (QED) is 0.327. The molecular weight excluding hydrogens is 408 g/mol. The highest BCUT2D eigenvalue weighted by Crippen LogP contribution is 2.55. The maximum absolute atomic E-state index is 15.4. The number of hydrogen-bond donors (Lipinski definition) is 0. The van der Waals surface area contributed by atoms with Crippen molar-refractivity contribution in [3.8, 4) is 16.9 Å². The van der Waals surface area contributed by atoms with Crippen LogP contribution in [0.1, 0.15) is 75.2 Å². The van der Waals surface area contributed by atoms with Crippen LogP contribution in [0.2, 0.25) is 0 Å². The summed E-state index contributed by atoms with van der Waals surface area (Å²) in [7, 11) is 0. The van der Waals surface area contributed by atoms with Gasteiger partial charge in [0.1, 0.15) is 11.9 Å². The zero-order chi connectivity index (χ0) is 22.2. The smallest absolute Gasteiger partial charge is 0.305 e. The van der Waals surface area contributed by atoms with Gasteiger partial charge in [-0.05, 0) is 54.5 Å². The topological polar surface area (TPSA) is 18.5 Å². The van der Waals surface area contributed by atoms with E-state index in [1.807, 2.05) is 6.92 Å². The fourth-order valence-corrected chi connectivity index (χ4v) is 4.38. The zero-order valence-corrected chi connectivity index (χ0v) is 17.7. The summed E-state index contributed by atoms with van der Waals surface area (Å²) in [4.78, 5) is 0. The lowest BCUT2D eigenvalue weighted by molar-refractivity contribution is 0.0387. The Morgan fingerprint density at radius 3 is 2.35 bits per heavy atom. The Labute approximate surface area is 179 Å². The SMILES string of the molecule is CCCCOc1ccc2c(c1F)C(F)(F)c1c-2ccc(C2CCC(CCC)=CO2)c1F. The highest BCUT2D eigenvalue weighted by molar-refractivity contribution is 5.81. The lowest BCUT2D eigenvalue weighted by atomic mass is 9.94. The third-order valence-corrected chi connectivity index (χ3v) is 6.00. The molecule has 166 valence electrons. The van der Waals surface area contributed by atoms with E-state index >= 15 is 17.6 Å². The van der Waals surface area contributed by atoms with Crippen molar-refractivity contribution < 1.29 is 27.0 Å². The molecule has 1 unspecified atom stereocenters. The summed E-state index contributed by atoms with van der Waals surface area (Å²) in [5.74, 6) is -6.18. The normalized spacial score (nSPS) is 18.8. The lowest BCUT2D eigenvalue weighted by Crippen LogP contribution is -2.18. The summed E-state index contributed by atoms with van der Waals surface area (Å²) in [6.07, 6.45) is 5.63. The summed E-state index contributed by atoms with van der Waals surface area (Å²) in [5.41, 5.74) is -0.369. The Hall–Kier alpha value is -2.50. The average molecular weight is 434 g/mol. The molecule has 0 N–H and O–H groups in total. The number of unbranched alkanes of at least 4 members (excludes halogenated alkanes) is 1. The fourth-order valence-electron chi connectivity index (χ4n) is 4.38. The van der Waals surface area contributed by atoms with Crippen LogP contribution in [0.5, 0.6) is 5.75 Å². The van der Waals surface area contributed by atoms with Gasteiger partial charge in [0.15, 0.2) is 11.6 Å². The third kappa shape index (κ3) is 3.70. The molecule has 0 amide bonds. The molecule has 2 aromatic carbocycles. The van der Waals surface area contributed by atoms with Gasteiger partial charge in [0.05, 0.1) is 24.0 Å². The Morgan fingerprint density at radius 1 is 1.00 bits per heavy atom. The van der Waals surface area contributed by atoms with E-state index in [1.165, 1.54) is 24.3 Å². The van der Waals surface area contributed by atoms with Crippen molar-refractivity contribution in [2.75, 3.05) is 6.61 Å². The first kappa shape index (κ1) is 21.7. The van der Waals surface area contributed by atoms with Gasteiger partial charge in [-0.1, -0.05) is 38.8 Å². The van der Waals surface area contributed by atoms with Gasteiger partial charge < -0.3 is 9.47 Å². The van der Waals surface area contributed by atoms with Crippen molar-refractivity contribution in [1.82, 2.24) is 0 Å². The molecule has 2 aliphatic rings. The average Bonchev–Trinajstić information content (AvgIpc) is 2.99. The van der Waals surface area contributed by atoms with Crippen molar-refractivity contribution in [3.63, 3.8) is 0 Å². The van der Waals surface area contributed by atoms with E-state index in [0.29, 0.717) is 12.8 Å². The number of fused-ring (bicyclic) bond motifs is 3. The molecule has 2 aromatic rings. The van der Waals surface area contributed by atoms with E-state index in [2.05, 4.69) is 6.92 Å². The molecule has 0 saturated carbocycles. The number of hydrogen-bond acceptors (Lipinski definition) is 2. The molecule has 0 aromatic heterocycles. The van der Waals surface area contributed by atoms with Crippen LogP contribution in [0, 0.1) is 11.6 Å². The van der Waals surface area contributed by atoms with Crippen molar-refractivity contribution in [1.29, 1.82) is 0 Å². The lowest BCUT2D eigenvalue weighted by Gasteiger charge is -2.25. The highest BCUT2D eigenvalue weighted by Gasteiger charge is 2.50. The highest BCUT2D eigenvalue weighted by atomic mass is 19.3. The largest absolute Gasteiger partial charge is 0.493 e. The van der Waals surface area contributed by atoms with Gasteiger partial charge in [-0.25, -0.2) is 8.78 Å². The Bertz CT molecular complexity index is 1010. The maximum Gasteiger partial charge on any atom is 0.305 e. The van der Waals surface area contributed by atoms with Gasteiger partial charge in [-0.2, -0.15) is 8.78 Å². The summed E-state index contributed by atoms with van der Waals surface area (Å²) < 4.78 is 72.1. The predicted octanol–water partition coefficient (Wildman–Crippen LogP) is 7.80. The molecule has 0 fully saturated rings. The molecule has 0 bridgehead atoms. The van der Waals surface area contributed by atoms with E-state index in [-0.39, 0.29) is 29.0 Å². The molecule has 1 aliphatic carbocycles. The maximum atomic E-state index is 15.4. The van der Waals surface area contributed by atoms with Crippen LogP contribution < -0.4 is 4.74 Å². The molecule has 6 heteroatoms. The first-order valence-electron chi connectivity index (χ1n) is 10.9. The van der Waals surface area contributed by atoms with Gasteiger partial charge in [0.25, 0.3) is 0 Å². The molecule has 0 spiro atoms. The third-order valence-electron chi connectivity index (χ3n) is 6.00. The van der Waals surface area contributed by atoms with Crippen molar-refractivity contribution in [2.45, 2.75) is 64.4 Å². The Morgan fingerprint density at radius 2 is 1.71 bits per heavy atom. The minimum Gasteiger partial charge on any atom is -0.493 e. The van der Waals surface area contributed by atoms with Crippen molar-refractivity contribution in [3.05, 3.63) is 64.4 Å². The molecule has 4 rings (SSSR count). The minimum absolute atomic E-state index is 0.000446. The number of alkyl halides is 2. The summed E-state index contributed by atoms with van der Waals surface area (Å²) in [6.45, 7) is 4.24. The van der Waals surface area contributed by atoms with Crippen molar-refractivity contribution in [2.24, 2.45) is 0 Å². The van der Waals surface area contributed by atoms with Crippen molar-refractivity contribution >= 4 is 0 Å². The number of halogens is 4. The second-order valence-corrected chi connectivity index (χ2v) is 8.16. The van der Waals surface area contributed by atoms with E-state index in [9.17, 15) is 0 Å². The van der Waals surface area contributed by atoms with Crippen LogP contribution in [-0.2, 0) is 10.7 Å². The van der Waals surface area contributed by atoms with Crippen LogP contribution in [0.25, 0.3) is 11.1 Å². The molecule has 0 saturated heterocycles. The summed E-state index contributed by atoms with van der Waals surface area (Å²) >= 11 is 0. The van der Waals surface area contributed by atoms with E-state index in [1.54, 1.807) is 6.26 Å². The zero-order valence-electron chi connectivity index (χ0n) is 17.7. The molecule has 1 aliphatic heterocycles. The molecule has 0 radical (unpaired) electrons. The molecular formula is C25H26F4O2. The van der Waals surface area contributed by atoms with Crippen LogP contribution in [0.3, 0.4) is 0 Å². The molecule has 2 nitrogen and oxygen atoms in total. The summed E-state index contributed by atoms with van der Waals surface area (Å²) in [5, 5.41) is 0. The minimum atomic E-state index is -3.79. The Balaban J connectivity index is 1.70. The van der Waals surface area contributed by atoms with Gasteiger partial charge in [-0.15, -0.1) is 0 Å². The number of benzene rings is 2. The van der Waals surface area contributed by atoms with Crippen LogP contribution in [0.4, 0.5) is 17.6 Å². The summed E-state index contributed by atoms with van der Waals surface area (Å²) in [6, 6.07) is 5.64. The predicted molar refractivity (Wildman–Crippen MR) is 111 cm³/mol.